The number of nitrogens with zero attached hydrogens (tertiary/aromatic N) is 1. The summed E-state index contributed by atoms with van der Waals surface area (Å²) in [5.41, 5.74) is 16.2. The summed E-state index contributed by atoms with van der Waals surface area (Å²) in [6.45, 7) is 2.02. The maximum Gasteiger partial charge on any atom is 0.268 e. The fourth-order valence-electron chi connectivity index (χ4n) is 11.9. The molecule has 1 saturated carbocycles. The lowest BCUT2D eigenvalue weighted by Crippen LogP contribution is -2.40. The Hall–Kier alpha value is -4.38. The summed E-state index contributed by atoms with van der Waals surface area (Å²) >= 11 is 0. The van der Waals surface area contributed by atoms with Crippen LogP contribution in [0.15, 0.2) is 77.3 Å². The van der Waals surface area contributed by atoms with Gasteiger partial charge in [0.05, 0.1) is 17.0 Å². The van der Waals surface area contributed by atoms with E-state index in [1.54, 1.807) is 12.1 Å². The molecule has 5 aliphatic heterocycles. The van der Waals surface area contributed by atoms with Gasteiger partial charge in [-0.05, 0) is 122 Å². The van der Waals surface area contributed by atoms with Gasteiger partial charge in [0.1, 0.15) is 17.6 Å². The van der Waals surface area contributed by atoms with Crippen LogP contribution >= 0.6 is 0 Å². The van der Waals surface area contributed by atoms with Crippen molar-refractivity contribution in [2.45, 2.75) is 131 Å². The van der Waals surface area contributed by atoms with Crippen LogP contribution in [0.1, 0.15) is 135 Å². The molecular weight excluding hydrogens is 791 g/mol. The molecule has 61 heavy (non-hydrogen) atoms. The molecule has 8 aliphatic rings. The number of aliphatic hydroxyl groups excluding tert-OH is 1. The van der Waals surface area contributed by atoms with Crippen LogP contribution in [-0.4, -0.2) is 57.8 Å². The summed E-state index contributed by atoms with van der Waals surface area (Å²) in [5.74, 6) is 5.48. The maximum atomic E-state index is 14.1. The van der Waals surface area contributed by atoms with Crippen LogP contribution in [0, 0.1) is 35.5 Å². The van der Waals surface area contributed by atoms with E-state index in [0.717, 1.165) is 59.9 Å². The molecule has 8 N–H and O–H groups in total. The first-order valence-corrected chi connectivity index (χ1v) is 23.7. The van der Waals surface area contributed by atoms with E-state index in [0.29, 0.717) is 61.8 Å². The van der Waals surface area contributed by atoms with Crippen molar-refractivity contribution < 1.29 is 37.8 Å². The average molecular weight is 850 g/mol. The highest BCUT2D eigenvalue weighted by atomic mass is 32.2. The molecule has 1 saturated heterocycles. The molecule has 11 nitrogen and oxygen atoms in total. The molecule has 0 radical (unpaired) electrons. The average Bonchev–Trinajstić information content (AvgIpc) is 3.32. The smallest absolute Gasteiger partial charge is 0.268 e. The van der Waals surface area contributed by atoms with Crippen LogP contribution in [0.2, 0.25) is 0 Å². The van der Waals surface area contributed by atoms with Crippen LogP contribution in [-0.2, 0) is 27.0 Å². The number of aryl methyl sites for hydroxylation is 1. The third-order valence-corrected chi connectivity index (χ3v) is 16.4. The first kappa shape index (κ1) is 41.9. The van der Waals surface area contributed by atoms with Gasteiger partial charge >= 0.3 is 0 Å². The Kier molecular flexibility index (Phi) is 11.3. The molecule has 0 amide bonds. The molecule has 10 atom stereocenters. The van der Waals surface area contributed by atoms with Crippen LogP contribution in [0.5, 0.6) is 11.5 Å². The summed E-state index contributed by atoms with van der Waals surface area (Å²) in [5, 5.41) is 31.9. The predicted octanol–water partition coefficient (Wildman–Crippen LogP) is 7.24. The molecule has 2 fully saturated rings. The molecule has 12 heteroatoms. The molecular formula is C49H59N3O8S. The Morgan fingerprint density at radius 2 is 1.75 bits per heavy atom. The van der Waals surface area contributed by atoms with Gasteiger partial charge in [0.2, 0.25) is 5.72 Å². The number of aliphatic imine (C=N–C) groups is 1. The normalized spacial score (nSPS) is 32.6. The highest BCUT2D eigenvalue weighted by Gasteiger charge is 2.50. The van der Waals surface area contributed by atoms with Crippen molar-refractivity contribution in [1.82, 2.24) is 0 Å². The number of ether oxygens (including phenoxy) is 2. The Morgan fingerprint density at radius 1 is 0.984 bits per heavy atom. The quantitative estimate of drug-likeness (QED) is 0.0484. The van der Waals surface area contributed by atoms with Crippen molar-refractivity contribution in [2.75, 3.05) is 6.61 Å². The van der Waals surface area contributed by atoms with Crippen molar-refractivity contribution in [3.63, 3.8) is 0 Å². The van der Waals surface area contributed by atoms with Crippen molar-refractivity contribution in [2.24, 2.45) is 40.1 Å². The van der Waals surface area contributed by atoms with Gasteiger partial charge < -0.3 is 36.3 Å². The summed E-state index contributed by atoms with van der Waals surface area (Å²) in [6, 6.07) is 19.0. The molecule has 10 bridgehead atoms. The lowest BCUT2D eigenvalue weighted by molar-refractivity contribution is -0.0416. The van der Waals surface area contributed by atoms with Crippen molar-refractivity contribution >= 4 is 16.1 Å². The molecule has 11 rings (SSSR count). The van der Waals surface area contributed by atoms with Gasteiger partial charge in [0.25, 0.3) is 10.1 Å². The molecule has 3 aliphatic carbocycles. The fourth-order valence-corrected chi connectivity index (χ4v) is 13.0. The number of allylic oxidation sites excluding steroid dienone is 1. The zero-order valence-corrected chi connectivity index (χ0v) is 35.7. The Bertz CT molecular complexity index is 2380. The molecule has 0 aromatic heterocycles. The summed E-state index contributed by atoms with van der Waals surface area (Å²) in [6.07, 6.45) is 9.48. The first-order valence-electron chi connectivity index (χ1n) is 22.2. The lowest BCUT2D eigenvalue weighted by atomic mass is 9.64. The van der Waals surface area contributed by atoms with Crippen molar-refractivity contribution in [3.8, 4) is 23.3 Å². The number of aromatic hydroxyl groups is 1. The number of aliphatic hydroxyl groups is 2. The second kappa shape index (κ2) is 16.4. The largest absolute Gasteiger partial charge is 0.508 e. The summed E-state index contributed by atoms with van der Waals surface area (Å²) in [4.78, 5) is 4.86. The number of phenolic OH excluding ortho intramolecular Hbond substituents is 1. The van der Waals surface area contributed by atoms with Gasteiger partial charge in [0, 0.05) is 48.0 Å². The highest BCUT2D eigenvalue weighted by Crippen LogP contribution is 2.55. The number of rotatable bonds is 6. The second-order valence-electron chi connectivity index (χ2n) is 18.9. The van der Waals surface area contributed by atoms with Crippen molar-refractivity contribution in [3.05, 3.63) is 106 Å². The van der Waals surface area contributed by atoms with Gasteiger partial charge in [-0.15, -0.1) is 0 Å². The zero-order valence-electron chi connectivity index (χ0n) is 34.9. The number of guanidine groups is 1. The van der Waals surface area contributed by atoms with Crippen LogP contribution < -0.4 is 16.2 Å². The third kappa shape index (κ3) is 8.20. The third-order valence-electron chi connectivity index (χ3n) is 15.1. The van der Waals surface area contributed by atoms with Gasteiger partial charge in [-0.1, -0.05) is 80.5 Å². The van der Waals surface area contributed by atoms with E-state index in [-0.39, 0.29) is 54.3 Å². The second-order valence-corrected chi connectivity index (χ2v) is 20.6. The van der Waals surface area contributed by atoms with Gasteiger partial charge in [-0.3, -0.25) is 4.55 Å². The van der Waals surface area contributed by atoms with Gasteiger partial charge in [-0.2, -0.15) is 8.42 Å². The SMILES string of the molecule is C[C@@H]1CCc2cc3ccc2[C@H]1C[C@@H](S(=O)(=O)O)[C@H]1C=C2C[C@H](CC4O[C@H]2c2ccc(O)cc2C#CC[C@@H]4CO)C1c1ccc(cc1)[C@@](CCC1(O)CCCCC1)(N=C(N)N)O3. The molecule has 2 unspecified atom stereocenters. The van der Waals surface area contributed by atoms with E-state index >= 15 is 0 Å². The van der Waals surface area contributed by atoms with Crippen LogP contribution in [0.3, 0.4) is 0 Å². The predicted molar refractivity (Wildman–Crippen MR) is 233 cm³/mol. The minimum atomic E-state index is -4.63. The van der Waals surface area contributed by atoms with Crippen molar-refractivity contribution in [1.29, 1.82) is 0 Å². The minimum absolute atomic E-state index is 0.0802. The molecule has 5 heterocycles. The highest BCUT2D eigenvalue weighted by molar-refractivity contribution is 7.86. The summed E-state index contributed by atoms with van der Waals surface area (Å²) < 4.78 is 53.7. The fraction of sp³-hybridized carbons (Fsp3) is 0.531. The number of hydrogen-bond acceptors (Lipinski definition) is 8. The van der Waals surface area contributed by atoms with Crippen LogP contribution in [0.4, 0.5) is 0 Å². The van der Waals surface area contributed by atoms with E-state index in [1.807, 2.05) is 48.5 Å². The number of hydrogen-bond donors (Lipinski definition) is 6. The molecule has 3 aromatic carbocycles. The topological polar surface area (TPSA) is 198 Å². The van der Waals surface area contributed by atoms with Crippen LogP contribution in [0.25, 0.3) is 0 Å². The molecule has 3 aromatic rings. The Labute approximate surface area is 359 Å². The Morgan fingerprint density at radius 3 is 2.49 bits per heavy atom. The van der Waals surface area contributed by atoms with E-state index < -0.39 is 44.8 Å². The Balaban J connectivity index is 1.25. The van der Waals surface area contributed by atoms with Gasteiger partial charge in [0.15, 0.2) is 5.96 Å². The molecule has 0 spiro atoms. The first-order chi connectivity index (χ1) is 29.2. The number of benzene rings is 3. The van der Waals surface area contributed by atoms with E-state index in [2.05, 4.69) is 24.8 Å². The van der Waals surface area contributed by atoms with E-state index in [4.69, 9.17) is 25.9 Å². The molecule has 324 valence electrons. The number of phenols is 1. The number of fused-ring (bicyclic) bond motifs is 9. The van der Waals surface area contributed by atoms with E-state index in [9.17, 15) is 28.3 Å². The monoisotopic (exact) mass is 849 g/mol. The zero-order chi connectivity index (χ0) is 42.7. The minimum Gasteiger partial charge on any atom is -0.508 e. The van der Waals surface area contributed by atoms with Gasteiger partial charge in [-0.25, -0.2) is 4.99 Å². The summed E-state index contributed by atoms with van der Waals surface area (Å²) in [7, 11) is -4.63. The standard InChI is InChI=1S/C49H59N3O8S/c1-29-8-9-32-24-38-15-17-39(32)41(29)27-44(61(56,57)58)42-25-35-22-34(26-43-33(28-53)7-5-6-31-23-37(54)14-16-40(31)46(35)59-43)45(42)30-10-12-36(13-11-30)49(60-38,52-47(50)51)21-20-48(55)18-3-2-4-19-48/h10-17,23-25,29,33-34,41-46,53-55H,2-4,7-9,18-22,26-28H2,1H3,(H4,50,51,52)(H,56,57,58)/t29-,33-,34-,41+,42-,43?,44-,45?,46-,49+/m1/s1. The van der Waals surface area contributed by atoms with E-state index in [1.165, 1.54) is 0 Å². The maximum absolute atomic E-state index is 14.1. The lowest BCUT2D eigenvalue weighted by Gasteiger charge is -2.42. The number of nitrogens with two attached hydrogens (primary N) is 2.